The first-order chi connectivity index (χ1) is 8.65. The number of nitrogen functional groups attached to an aromatic ring is 1. The lowest BCUT2D eigenvalue weighted by atomic mass is 9.96. The zero-order chi connectivity index (χ0) is 13.0. The van der Waals surface area contributed by atoms with Crippen molar-refractivity contribution in [3.05, 3.63) is 23.8 Å². The molecule has 0 aliphatic heterocycles. The van der Waals surface area contributed by atoms with E-state index < -0.39 is 0 Å². The molecule has 1 aliphatic carbocycles. The van der Waals surface area contributed by atoms with Crippen molar-refractivity contribution in [1.82, 2.24) is 5.32 Å². The van der Waals surface area contributed by atoms with Crippen LogP contribution in [0.2, 0.25) is 0 Å². The fraction of sp³-hybridized carbons (Fsp3) is 0.500. The van der Waals surface area contributed by atoms with Crippen LogP contribution < -0.4 is 16.4 Å². The average molecular weight is 247 g/mol. The number of amides is 2. The van der Waals surface area contributed by atoms with Crippen LogP contribution in [0.4, 0.5) is 16.2 Å². The molecular formula is C14H21N3O. The number of rotatable bonds is 2. The Bertz CT molecular complexity index is 425. The summed E-state index contributed by atoms with van der Waals surface area (Å²) in [5, 5.41) is 5.87. The summed E-state index contributed by atoms with van der Waals surface area (Å²) in [7, 11) is 0. The molecule has 0 heterocycles. The molecule has 1 aromatic carbocycles. The molecule has 0 radical (unpaired) electrons. The zero-order valence-electron chi connectivity index (χ0n) is 10.8. The van der Waals surface area contributed by atoms with Gasteiger partial charge in [-0.05, 0) is 43.5 Å². The van der Waals surface area contributed by atoms with Crippen molar-refractivity contribution in [2.24, 2.45) is 0 Å². The first-order valence-corrected chi connectivity index (χ1v) is 6.59. The highest BCUT2D eigenvalue weighted by molar-refractivity contribution is 5.89. The van der Waals surface area contributed by atoms with E-state index in [0.717, 1.165) is 29.8 Å². The molecule has 18 heavy (non-hydrogen) atoms. The number of nitrogens with one attached hydrogen (secondary N) is 2. The highest BCUT2D eigenvalue weighted by Gasteiger charge is 2.15. The van der Waals surface area contributed by atoms with Gasteiger partial charge in [0.25, 0.3) is 0 Å². The average Bonchev–Trinajstić information content (AvgIpc) is 2.35. The molecule has 0 unspecified atom stereocenters. The van der Waals surface area contributed by atoms with Crippen molar-refractivity contribution in [3.63, 3.8) is 0 Å². The Morgan fingerprint density at radius 3 is 2.67 bits per heavy atom. The topological polar surface area (TPSA) is 67.2 Å². The number of aryl methyl sites for hydroxylation is 1. The molecule has 4 nitrogen and oxygen atoms in total. The number of benzene rings is 1. The van der Waals surface area contributed by atoms with Gasteiger partial charge < -0.3 is 16.4 Å². The fourth-order valence-corrected chi connectivity index (χ4v) is 2.35. The van der Waals surface area contributed by atoms with Gasteiger partial charge in [0.2, 0.25) is 0 Å². The molecule has 98 valence electrons. The van der Waals surface area contributed by atoms with E-state index in [1.54, 1.807) is 0 Å². The van der Waals surface area contributed by atoms with Gasteiger partial charge in [0.1, 0.15) is 0 Å². The minimum atomic E-state index is -0.119. The number of hydrogen-bond acceptors (Lipinski definition) is 2. The van der Waals surface area contributed by atoms with Crippen LogP contribution in [0.1, 0.15) is 37.7 Å². The molecule has 4 heteroatoms. The molecule has 0 aromatic heterocycles. The smallest absolute Gasteiger partial charge is 0.319 e. The van der Waals surface area contributed by atoms with Crippen LogP contribution in [0.5, 0.6) is 0 Å². The van der Waals surface area contributed by atoms with Crippen LogP contribution in [-0.4, -0.2) is 12.1 Å². The van der Waals surface area contributed by atoms with Crippen LogP contribution in [0.3, 0.4) is 0 Å². The molecular weight excluding hydrogens is 226 g/mol. The number of hydrogen-bond donors (Lipinski definition) is 3. The normalized spacial score (nSPS) is 16.3. The van der Waals surface area contributed by atoms with E-state index in [1.165, 1.54) is 19.3 Å². The molecule has 1 aliphatic rings. The van der Waals surface area contributed by atoms with Crippen LogP contribution in [0, 0.1) is 6.92 Å². The molecule has 0 saturated heterocycles. The summed E-state index contributed by atoms with van der Waals surface area (Å²) >= 11 is 0. The number of urea groups is 1. The Morgan fingerprint density at radius 2 is 2.00 bits per heavy atom. The van der Waals surface area contributed by atoms with Gasteiger partial charge in [0, 0.05) is 17.4 Å². The van der Waals surface area contributed by atoms with E-state index in [9.17, 15) is 4.79 Å². The molecule has 2 rings (SSSR count). The SMILES string of the molecule is Cc1cc(NC(=O)NC2CCCCC2)ccc1N. The second kappa shape index (κ2) is 5.76. The van der Waals surface area contributed by atoms with E-state index in [1.807, 2.05) is 25.1 Å². The van der Waals surface area contributed by atoms with E-state index in [0.29, 0.717) is 6.04 Å². The maximum atomic E-state index is 11.8. The van der Waals surface area contributed by atoms with Gasteiger partial charge in [0.05, 0.1) is 0 Å². The highest BCUT2D eigenvalue weighted by atomic mass is 16.2. The summed E-state index contributed by atoms with van der Waals surface area (Å²) in [6.45, 7) is 1.93. The summed E-state index contributed by atoms with van der Waals surface area (Å²) in [6, 6.07) is 5.73. The fourth-order valence-electron chi connectivity index (χ4n) is 2.35. The largest absolute Gasteiger partial charge is 0.399 e. The van der Waals surface area contributed by atoms with Crippen molar-refractivity contribution >= 4 is 17.4 Å². The second-order valence-corrected chi connectivity index (χ2v) is 5.00. The lowest BCUT2D eigenvalue weighted by Gasteiger charge is -2.22. The highest BCUT2D eigenvalue weighted by Crippen LogP contribution is 2.18. The Kier molecular flexibility index (Phi) is 4.07. The third-order valence-electron chi connectivity index (χ3n) is 3.47. The summed E-state index contributed by atoms with van der Waals surface area (Å²) in [5.74, 6) is 0. The third-order valence-corrected chi connectivity index (χ3v) is 3.47. The Balaban J connectivity index is 1.88. The zero-order valence-corrected chi connectivity index (χ0v) is 10.8. The Hall–Kier alpha value is -1.71. The van der Waals surface area contributed by atoms with Crippen molar-refractivity contribution in [2.45, 2.75) is 45.1 Å². The van der Waals surface area contributed by atoms with Gasteiger partial charge in [-0.1, -0.05) is 19.3 Å². The lowest BCUT2D eigenvalue weighted by Crippen LogP contribution is -2.39. The molecule has 2 amide bonds. The number of carbonyl (C=O) groups is 1. The van der Waals surface area contributed by atoms with Gasteiger partial charge in [-0.15, -0.1) is 0 Å². The van der Waals surface area contributed by atoms with Crippen LogP contribution in [0.15, 0.2) is 18.2 Å². The maximum Gasteiger partial charge on any atom is 0.319 e. The van der Waals surface area contributed by atoms with Gasteiger partial charge >= 0.3 is 6.03 Å². The molecule has 0 atom stereocenters. The van der Waals surface area contributed by atoms with E-state index in [2.05, 4.69) is 10.6 Å². The van der Waals surface area contributed by atoms with E-state index >= 15 is 0 Å². The van der Waals surface area contributed by atoms with E-state index in [4.69, 9.17) is 5.73 Å². The quantitative estimate of drug-likeness (QED) is 0.703. The first-order valence-electron chi connectivity index (χ1n) is 6.59. The lowest BCUT2D eigenvalue weighted by molar-refractivity contribution is 0.244. The minimum absolute atomic E-state index is 0.119. The van der Waals surface area contributed by atoms with Crippen molar-refractivity contribution < 1.29 is 4.79 Å². The Morgan fingerprint density at radius 1 is 1.28 bits per heavy atom. The molecule has 4 N–H and O–H groups in total. The van der Waals surface area contributed by atoms with Gasteiger partial charge in [0.15, 0.2) is 0 Å². The number of anilines is 2. The summed E-state index contributed by atoms with van der Waals surface area (Å²) < 4.78 is 0. The summed E-state index contributed by atoms with van der Waals surface area (Å²) in [6.07, 6.45) is 5.90. The molecule has 0 bridgehead atoms. The monoisotopic (exact) mass is 247 g/mol. The van der Waals surface area contributed by atoms with Crippen molar-refractivity contribution in [3.8, 4) is 0 Å². The van der Waals surface area contributed by atoms with Gasteiger partial charge in [-0.25, -0.2) is 4.79 Å². The van der Waals surface area contributed by atoms with E-state index in [-0.39, 0.29) is 6.03 Å². The first kappa shape index (κ1) is 12.7. The second-order valence-electron chi connectivity index (χ2n) is 5.00. The number of nitrogens with two attached hydrogens (primary N) is 1. The van der Waals surface area contributed by atoms with Crippen LogP contribution in [0.25, 0.3) is 0 Å². The van der Waals surface area contributed by atoms with Crippen molar-refractivity contribution in [1.29, 1.82) is 0 Å². The van der Waals surface area contributed by atoms with Gasteiger partial charge in [-0.2, -0.15) is 0 Å². The molecule has 1 saturated carbocycles. The maximum absolute atomic E-state index is 11.8. The molecule has 1 fully saturated rings. The predicted octanol–water partition coefficient (Wildman–Crippen LogP) is 3.03. The van der Waals surface area contributed by atoms with Crippen LogP contribution in [-0.2, 0) is 0 Å². The number of carbonyl (C=O) groups excluding carboxylic acids is 1. The molecule has 0 spiro atoms. The van der Waals surface area contributed by atoms with Crippen LogP contribution >= 0.6 is 0 Å². The van der Waals surface area contributed by atoms with Gasteiger partial charge in [-0.3, -0.25) is 0 Å². The van der Waals surface area contributed by atoms with Crippen molar-refractivity contribution in [2.75, 3.05) is 11.1 Å². The third kappa shape index (κ3) is 3.39. The predicted molar refractivity (Wildman–Crippen MR) is 74.6 cm³/mol. The Labute approximate surface area is 108 Å². The summed E-state index contributed by atoms with van der Waals surface area (Å²) in [5.41, 5.74) is 8.25. The molecule has 1 aromatic rings. The standard InChI is InChI=1S/C14H21N3O/c1-10-9-12(7-8-13(10)15)17-14(18)16-11-5-3-2-4-6-11/h7-9,11H,2-6,15H2,1H3,(H2,16,17,18). The summed E-state index contributed by atoms with van der Waals surface area (Å²) in [4.78, 5) is 11.8. The minimum Gasteiger partial charge on any atom is -0.399 e.